The largest absolute Gasteiger partial charge is 0.377 e. The monoisotopic (exact) mass is 255 g/mol. The standard InChI is InChI=1S/C15H29NO2/c1-3-15(4-2)11-13(8-10-18-15)16-12-14-7-5-6-9-17-14/h13-14,16H,3-12H2,1-2H3. The Bertz CT molecular complexity index is 235. The van der Waals surface area contributed by atoms with E-state index in [0.29, 0.717) is 12.1 Å². The molecule has 0 saturated carbocycles. The van der Waals surface area contributed by atoms with E-state index in [4.69, 9.17) is 9.47 Å². The van der Waals surface area contributed by atoms with E-state index >= 15 is 0 Å². The molecule has 2 atom stereocenters. The highest BCUT2D eigenvalue weighted by Crippen LogP contribution is 2.31. The van der Waals surface area contributed by atoms with E-state index < -0.39 is 0 Å². The first-order chi connectivity index (χ1) is 8.78. The van der Waals surface area contributed by atoms with Gasteiger partial charge >= 0.3 is 0 Å². The van der Waals surface area contributed by atoms with E-state index in [9.17, 15) is 0 Å². The van der Waals surface area contributed by atoms with Gasteiger partial charge in [0.25, 0.3) is 0 Å². The molecule has 0 spiro atoms. The van der Waals surface area contributed by atoms with Gasteiger partial charge in [0.2, 0.25) is 0 Å². The number of ether oxygens (including phenoxy) is 2. The second kappa shape index (κ2) is 6.88. The zero-order valence-electron chi connectivity index (χ0n) is 12.0. The summed E-state index contributed by atoms with van der Waals surface area (Å²) in [5, 5.41) is 3.71. The molecular formula is C15H29NO2. The zero-order valence-corrected chi connectivity index (χ0v) is 12.0. The second-order valence-electron chi connectivity index (χ2n) is 5.83. The Labute approximate surface area is 112 Å². The minimum absolute atomic E-state index is 0.128. The van der Waals surface area contributed by atoms with Crippen LogP contribution in [-0.2, 0) is 9.47 Å². The predicted octanol–water partition coefficient (Wildman–Crippen LogP) is 2.88. The summed E-state index contributed by atoms with van der Waals surface area (Å²) in [5.41, 5.74) is 0.128. The van der Waals surface area contributed by atoms with Gasteiger partial charge in [0.05, 0.1) is 11.7 Å². The summed E-state index contributed by atoms with van der Waals surface area (Å²) in [4.78, 5) is 0. The van der Waals surface area contributed by atoms with Gasteiger partial charge < -0.3 is 14.8 Å². The Morgan fingerprint density at radius 3 is 2.61 bits per heavy atom. The van der Waals surface area contributed by atoms with Crippen molar-refractivity contribution in [2.75, 3.05) is 19.8 Å². The lowest BCUT2D eigenvalue weighted by molar-refractivity contribution is -0.0946. The van der Waals surface area contributed by atoms with Crippen LogP contribution >= 0.6 is 0 Å². The van der Waals surface area contributed by atoms with E-state index in [1.54, 1.807) is 0 Å². The van der Waals surface area contributed by atoms with Crippen molar-refractivity contribution in [1.29, 1.82) is 0 Å². The van der Waals surface area contributed by atoms with Crippen LogP contribution < -0.4 is 5.32 Å². The Morgan fingerprint density at radius 1 is 1.11 bits per heavy atom. The molecule has 0 aliphatic carbocycles. The molecule has 0 amide bonds. The Hall–Kier alpha value is -0.120. The summed E-state index contributed by atoms with van der Waals surface area (Å²) < 4.78 is 11.8. The zero-order chi connectivity index (χ0) is 12.8. The minimum atomic E-state index is 0.128. The third-order valence-electron chi connectivity index (χ3n) is 4.69. The van der Waals surface area contributed by atoms with E-state index in [0.717, 1.165) is 45.4 Å². The number of hydrogen-bond acceptors (Lipinski definition) is 3. The first kappa shape index (κ1) is 14.3. The normalized spacial score (nSPS) is 32.3. The van der Waals surface area contributed by atoms with Crippen LogP contribution in [0.5, 0.6) is 0 Å². The predicted molar refractivity (Wildman–Crippen MR) is 73.9 cm³/mol. The number of hydrogen-bond donors (Lipinski definition) is 1. The smallest absolute Gasteiger partial charge is 0.0699 e. The summed E-state index contributed by atoms with van der Waals surface area (Å²) in [6, 6.07) is 0.615. The summed E-state index contributed by atoms with van der Waals surface area (Å²) in [6.45, 7) is 7.37. The lowest BCUT2D eigenvalue weighted by Gasteiger charge is -2.40. The van der Waals surface area contributed by atoms with Crippen molar-refractivity contribution < 1.29 is 9.47 Å². The lowest BCUT2D eigenvalue weighted by Crippen LogP contribution is -2.48. The highest BCUT2D eigenvalue weighted by molar-refractivity contribution is 4.88. The molecule has 2 heterocycles. The first-order valence-corrected chi connectivity index (χ1v) is 7.77. The molecule has 2 aliphatic heterocycles. The van der Waals surface area contributed by atoms with Crippen molar-refractivity contribution in [2.24, 2.45) is 0 Å². The Balaban J connectivity index is 1.75. The molecule has 0 bridgehead atoms. The van der Waals surface area contributed by atoms with E-state index in [2.05, 4.69) is 19.2 Å². The van der Waals surface area contributed by atoms with Crippen LogP contribution in [0, 0.1) is 0 Å². The van der Waals surface area contributed by atoms with Gasteiger partial charge in [-0.25, -0.2) is 0 Å². The maximum absolute atomic E-state index is 6.01. The van der Waals surface area contributed by atoms with Crippen LogP contribution in [0.2, 0.25) is 0 Å². The molecule has 0 aromatic carbocycles. The van der Waals surface area contributed by atoms with Crippen LogP contribution in [-0.4, -0.2) is 37.5 Å². The maximum atomic E-state index is 6.01. The fourth-order valence-corrected chi connectivity index (χ4v) is 3.21. The number of nitrogens with one attached hydrogen (secondary N) is 1. The molecule has 3 heteroatoms. The molecule has 2 saturated heterocycles. The van der Waals surface area contributed by atoms with Crippen molar-refractivity contribution in [1.82, 2.24) is 5.32 Å². The molecule has 0 radical (unpaired) electrons. The molecule has 0 aromatic heterocycles. The third-order valence-corrected chi connectivity index (χ3v) is 4.69. The van der Waals surface area contributed by atoms with Gasteiger partial charge in [0, 0.05) is 25.8 Å². The number of rotatable bonds is 5. The average molecular weight is 255 g/mol. The van der Waals surface area contributed by atoms with Gasteiger partial charge in [-0.1, -0.05) is 13.8 Å². The van der Waals surface area contributed by atoms with Crippen LogP contribution in [0.3, 0.4) is 0 Å². The average Bonchev–Trinajstić information content (AvgIpc) is 2.46. The molecule has 1 N–H and O–H groups in total. The molecule has 2 rings (SSSR count). The van der Waals surface area contributed by atoms with Crippen molar-refractivity contribution in [3.63, 3.8) is 0 Å². The fraction of sp³-hybridized carbons (Fsp3) is 1.00. The molecule has 3 nitrogen and oxygen atoms in total. The van der Waals surface area contributed by atoms with Crippen LogP contribution in [0.1, 0.15) is 58.8 Å². The molecule has 2 unspecified atom stereocenters. The fourth-order valence-electron chi connectivity index (χ4n) is 3.21. The van der Waals surface area contributed by atoms with Crippen LogP contribution in [0.25, 0.3) is 0 Å². The van der Waals surface area contributed by atoms with E-state index in [1.165, 1.54) is 19.3 Å². The quantitative estimate of drug-likeness (QED) is 0.819. The summed E-state index contributed by atoms with van der Waals surface area (Å²) in [6.07, 6.45) is 8.79. The maximum Gasteiger partial charge on any atom is 0.0699 e. The molecule has 106 valence electrons. The van der Waals surface area contributed by atoms with Gasteiger partial charge in [-0.15, -0.1) is 0 Å². The van der Waals surface area contributed by atoms with Crippen LogP contribution in [0.4, 0.5) is 0 Å². The van der Waals surface area contributed by atoms with Gasteiger partial charge in [-0.3, -0.25) is 0 Å². The minimum Gasteiger partial charge on any atom is -0.377 e. The van der Waals surface area contributed by atoms with E-state index in [-0.39, 0.29) is 5.60 Å². The van der Waals surface area contributed by atoms with Crippen molar-refractivity contribution in [3.8, 4) is 0 Å². The van der Waals surface area contributed by atoms with Gasteiger partial charge in [-0.2, -0.15) is 0 Å². The van der Waals surface area contributed by atoms with Crippen LogP contribution in [0.15, 0.2) is 0 Å². The SMILES string of the molecule is CCC1(CC)CC(NCC2CCCCO2)CCO1. The summed E-state index contributed by atoms with van der Waals surface area (Å²) >= 11 is 0. The Morgan fingerprint density at radius 2 is 1.94 bits per heavy atom. The second-order valence-corrected chi connectivity index (χ2v) is 5.83. The third kappa shape index (κ3) is 3.69. The van der Waals surface area contributed by atoms with Crippen molar-refractivity contribution >= 4 is 0 Å². The summed E-state index contributed by atoms with van der Waals surface area (Å²) in [7, 11) is 0. The van der Waals surface area contributed by atoms with Crippen molar-refractivity contribution in [2.45, 2.75) is 76.5 Å². The Kier molecular flexibility index (Phi) is 5.46. The highest BCUT2D eigenvalue weighted by Gasteiger charge is 2.34. The molecular weight excluding hydrogens is 226 g/mol. The molecule has 0 aromatic rings. The highest BCUT2D eigenvalue weighted by atomic mass is 16.5. The van der Waals surface area contributed by atoms with Gasteiger partial charge in [0.15, 0.2) is 0 Å². The van der Waals surface area contributed by atoms with Gasteiger partial charge in [-0.05, 0) is 44.9 Å². The molecule has 2 aliphatic rings. The van der Waals surface area contributed by atoms with E-state index in [1.807, 2.05) is 0 Å². The molecule has 2 fully saturated rings. The summed E-state index contributed by atoms with van der Waals surface area (Å²) in [5.74, 6) is 0. The molecule has 18 heavy (non-hydrogen) atoms. The van der Waals surface area contributed by atoms with Gasteiger partial charge in [0.1, 0.15) is 0 Å². The lowest BCUT2D eigenvalue weighted by atomic mass is 9.86. The van der Waals surface area contributed by atoms with Crippen molar-refractivity contribution in [3.05, 3.63) is 0 Å². The topological polar surface area (TPSA) is 30.5 Å². The first-order valence-electron chi connectivity index (χ1n) is 7.77.